The average molecular weight is 593 g/mol. The number of ether oxygens (including phenoxy) is 5. The number of methoxy groups -OCH3 is 2. The van der Waals surface area contributed by atoms with Gasteiger partial charge in [-0.1, -0.05) is 42.5 Å². The summed E-state index contributed by atoms with van der Waals surface area (Å²) in [5.74, 6) is 1.10. The molecule has 0 fully saturated rings. The third-order valence-electron chi connectivity index (χ3n) is 6.37. The number of nitrogens with one attached hydrogen (secondary N) is 1. The number of hydrogen-bond acceptors (Lipinski definition) is 8. The summed E-state index contributed by atoms with van der Waals surface area (Å²) in [6, 6.07) is 28.7. The first-order valence-corrected chi connectivity index (χ1v) is 13.8. The summed E-state index contributed by atoms with van der Waals surface area (Å²) in [7, 11) is 2.88. The van der Waals surface area contributed by atoms with Gasteiger partial charge in [-0.05, 0) is 78.2 Å². The van der Waals surface area contributed by atoms with Crippen molar-refractivity contribution in [2.45, 2.75) is 20.1 Å². The number of hydrogen-bond donors (Lipinski definition) is 1. The molecular formula is C35H32N2O7. The molecule has 0 aliphatic carbocycles. The molecule has 0 aromatic heterocycles. The van der Waals surface area contributed by atoms with Crippen molar-refractivity contribution in [2.75, 3.05) is 26.1 Å². The number of nitrogens with zero attached hydrogens (tertiary/aromatic N) is 1. The van der Waals surface area contributed by atoms with Crippen LogP contribution < -0.4 is 24.3 Å². The van der Waals surface area contributed by atoms with Crippen molar-refractivity contribution in [3.8, 4) is 29.1 Å². The van der Waals surface area contributed by atoms with Crippen molar-refractivity contribution in [3.63, 3.8) is 0 Å². The van der Waals surface area contributed by atoms with Crippen LogP contribution in [0, 0.1) is 11.3 Å². The molecule has 9 nitrogen and oxygen atoms in total. The molecule has 0 spiro atoms. The van der Waals surface area contributed by atoms with E-state index in [0.717, 1.165) is 11.1 Å². The summed E-state index contributed by atoms with van der Waals surface area (Å²) in [6.45, 7) is 2.90. The Hall–Kier alpha value is -5.75. The Bertz CT molecular complexity index is 1660. The topological polar surface area (TPSA) is 116 Å². The minimum absolute atomic E-state index is 0.111. The zero-order valence-corrected chi connectivity index (χ0v) is 24.7. The maximum Gasteiger partial charge on any atom is 0.337 e. The Kier molecular flexibility index (Phi) is 11.0. The fourth-order valence-electron chi connectivity index (χ4n) is 4.14. The summed E-state index contributed by atoms with van der Waals surface area (Å²) in [5, 5.41) is 12.3. The van der Waals surface area contributed by atoms with Gasteiger partial charge in [-0.25, -0.2) is 4.79 Å². The quantitative estimate of drug-likeness (QED) is 0.105. The van der Waals surface area contributed by atoms with Gasteiger partial charge in [0, 0.05) is 5.69 Å². The molecule has 0 saturated carbocycles. The van der Waals surface area contributed by atoms with E-state index < -0.39 is 11.9 Å². The minimum atomic E-state index is -0.596. The zero-order chi connectivity index (χ0) is 31.3. The number of benzene rings is 4. The van der Waals surface area contributed by atoms with Crippen molar-refractivity contribution in [1.82, 2.24) is 0 Å². The van der Waals surface area contributed by atoms with E-state index in [4.69, 9.17) is 18.9 Å². The number of amides is 1. The Balaban J connectivity index is 1.43. The fraction of sp³-hybridized carbons (Fsp3) is 0.171. The monoisotopic (exact) mass is 592 g/mol. The highest BCUT2D eigenvalue weighted by molar-refractivity contribution is 6.09. The van der Waals surface area contributed by atoms with E-state index in [1.165, 1.54) is 25.3 Å². The average Bonchev–Trinajstić information content (AvgIpc) is 3.06. The lowest BCUT2D eigenvalue weighted by molar-refractivity contribution is -0.112. The van der Waals surface area contributed by atoms with Crippen LogP contribution >= 0.6 is 0 Å². The van der Waals surface area contributed by atoms with E-state index in [1.54, 1.807) is 37.4 Å². The number of esters is 1. The first kappa shape index (κ1) is 31.2. The molecule has 0 aliphatic heterocycles. The van der Waals surface area contributed by atoms with E-state index in [1.807, 2.05) is 61.5 Å². The highest BCUT2D eigenvalue weighted by Gasteiger charge is 2.13. The van der Waals surface area contributed by atoms with Crippen LogP contribution in [-0.2, 0) is 22.7 Å². The van der Waals surface area contributed by atoms with E-state index in [2.05, 4.69) is 10.1 Å². The van der Waals surface area contributed by atoms with Crippen molar-refractivity contribution in [1.29, 1.82) is 5.26 Å². The van der Waals surface area contributed by atoms with E-state index in [0.29, 0.717) is 53.0 Å². The highest BCUT2D eigenvalue weighted by atomic mass is 16.5. The van der Waals surface area contributed by atoms with Gasteiger partial charge in [0.15, 0.2) is 23.0 Å². The van der Waals surface area contributed by atoms with Crippen molar-refractivity contribution >= 4 is 23.6 Å². The summed E-state index contributed by atoms with van der Waals surface area (Å²) in [4.78, 5) is 24.4. The molecular weight excluding hydrogens is 560 g/mol. The third-order valence-corrected chi connectivity index (χ3v) is 6.37. The van der Waals surface area contributed by atoms with Crippen LogP contribution in [0.25, 0.3) is 6.08 Å². The number of carbonyl (C=O) groups excluding carboxylic acids is 2. The highest BCUT2D eigenvalue weighted by Crippen LogP contribution is 2.32. The Labute approximate surface area is 256 Å². The van der Waals surface area contributed by atoms with E-state index >= 15 is 0 Å². The molecule has 0 bridgehead atoms. The van der Waals surface area contributed by atoms with Crippen molar-refractivity contribution < 1.29 is 33.3 Å². The lowest BCUT2D eigenvalue weighted by atomic mass is 10.1. The van der Waals surface area contributed by atoms with Crippen LogP contribution in [0.5, 0.6) is 23.0 Å². The van der Waals surface area contributed by atoms with Gasteiger partial charge < -0.3 is 29.0 Å². The van der Waals surface area contributed by atoms with Crippen molar-refractivity contribution in [2.24, 2.45) is 0 Å². The van der Waals surface area contributed by atoms with Gasteiger partial charge in [0.1, 0.15) is 24.9 Å². The first-order chi connectivity index (χ1) is 21.4. The molecule has 4 aromatic rings. The second kappa shape index (κ2) is 15.5. The molecule has 9 heteroatoms. The van der Waals surface area contributed by atoms with Crippen LogP contribution in [0.15, 0.2) is 96.6 Å². The lowest BCUT2D eigenvalue weighted by Gasteiger charge is -2.15. The van der Waals surface area contributed by atoms with Gasteiger partial charge in [0.25, 0.3) is 5.91 Å². The smallest absolute Gasteiger partial charge is 0.337 e. The van der Waals surface area contributed by atoms with E-state index in [-0.39, 0.29) is 12.2 Å². The minimum Gasteiger partial charge on any atom is -0.493 e. The van der Waals surface area contributed by atoms with Crippen molar-refractivity contribution in [3.05, 3.63) is 119 Å². The molecule has 0 atom stereocenters. The number of nitriles is 1. The van der Waals surface area contributed by atoms with Gasteiger partial charge in [0.2, 0.25) is 0 Å². The van der Waals surface area contributed by atoms with Gasteiger partial charge in [-0.15, -0.1) is 0 Å². The molecule has 0 unspecified atom stereocenters. The van der Waals surface area contributed by atoms with Gasteiger partial charge in [0.05, 0.1) is 26.4 Å². The third kappa shape index (κ3) is 8.39. The van der Waals surface area contributed by atoms with Crippen LogP contribution in [-0.4, -0.2) is 32.7 Å². The number of carbonyl (C=O) groups is 2. The molecule has 0 radical (unpaired) electrons. The SMILES string of the molecule is CCOc1cc(/C=C(/C#N)C(=O)Nc2ccc(C(=O)OC)cc2)ccc1OCc1ccc(OCc2ccccc2)c(OC)c1. The molecule has 1 amide bonds. The van der Waals surface area contributed by atoms with Crippen LogP contribution in [0.3, 0.4) is 0 Å². The normalized spacial score (nSPS) is 10.7. The number of anilines is 1. The Morgan fingerprint density at radius 2 is 1.45 bits per heavy atom. The largest absolute Gasteiger partial charge is 0.493 e. The summed E-state index contributed by atoms with van der Waals surface area (Å²) in [5.41, 5.74) is 3.16. The molecule has 4 aromatic carbocycles. The summed E-state index contributed by atoms with van der Waals surface area (Å²) >= 11 is 0. The van der Waals surface area contributed by atoms with Crippen LogP contribution in [0.1, 0.15) is 34.0 Å². The molecule has 0 heterocycles. The predicted molar refractivity (Wildman–Crippen MR) is 166 cm³/mol. The standard InChI is InChI=1S/C35H32N2O7/c1-4-42-33-19-25(18-28(21-36)34(38)37-29-14-12-27(13-15-29)35(39)41-3)10-16-31(33)44-23-26-11-17-30(32(20-26)40-2)43-22-24-8-6-5-7-9-24/h5-20H,4,22-23H2,1-3H3,(H,37,38)/b28-18-. The molecule has 0 aliphatic rings. The molecule has 224 valence electrons. The molecule has 1 N–H and O–H groups in total. The van der Waals surface area contributed by atoms with Gasteiger partial charge >= 0.3 is 5.97 Å². The van der Waals surface area contributed by atoms with Crippen LogP contribution in [0.2, 0.25) is 0 Å². The van der Waals surface area contributed by atoms with Gasteiger partial charge in [-0.2, -0.15) is 5.26 Å². The zero-order valence-electron chi connectivity index (χ0n) is 24.7. The second-order valence-electron chi connectivity index (χ2n) is 9.38. The molecule has 44 heavy (non-hydrogen) atoms. The summed E-state index contributed by atoms with van der Waals surface area (Å²) < 4.78 is 28.0. The summed E-state index contributed by atoms with van der Waals surface area (Å²) in [6.07, 6.45) is 1.46. The molecule has 0 saturated heterocycles. The maximum absolute atomic E-state index is 12.8. The van der Waals surface area contributed by atoms with Crippen LogP contribution in [0.4, 0.5) is 5.69 Å². The fourth-order valence-corrected chi connectivity index (χ4v) is 4.14. The van der Waals surface area contributed by atoms with E-state index in [9.17, 15) is 14.9 Å². The Morgan fingerprint density at radius 1 is 0.773 bits per heavy atom. The maximum atomic E-state index is 12.8. The second-order valence-corrected chi connectivity index (χ2v) is 9.38. The van der Waals surface area contributed by atoms with Gasteiger partial charge in [-0.3, -0.25) is 4.79 Å². The number of rotatable bonds is 13. The predicted octanol–water partition coefficient (Wildman–Crippen LogP) is 6.58. The Morgan fingerprint density at radius 3 is 2.11 bits per heavy atom. The first-order valence-electron chi connectivity index (χ1n) is 13.8. The molecule has 4 rings (SSSR count). The lowest BCUT2D eigenvalue weighted by Crippen LogP contribution is -2.13.